The Bertz CT molecular complexity index is 777. The van der Waals surface area contributed by atoms with Crippen LogP contribution in [0.4, 0.5) is 0 Å². The molecule has 0 aliphatic carbocycles. The molecule has 0 bridgehead atoms. The minimum atomic E-state index is -0.621. The Labute approximate surface area is 144 Å². The first-order chi connectivity index (χ1) is 11.7. The highest BCUT2D eigenvalue weighted by molar-refractivity contribution is 7.99. The van der Waals surface area contributed by atoms with Gasteiger partial charge in [0.05, 0.1) is 6.10 Å². The molecule has 0 aliphatic heterocycles. The van der Waals surface area contributed by atoms with Crippen molar-refractivity contribution in [2.75, 3.05) is 12.4 Å². The minimum absolute atomic E-state index is 0.218. The first-order valence-corrected chi connectivity index (χ1v) is 8.59. The van der Waals surface area contributed by atoms with Crippen LogP contribution in [0.5, 0.6) is 5.75 Å². The van der Waals surface area contributed by atoms with Gasteiger partial charge in [0.25, 0.3) is 5.22 Å². The van der Waals surface area contributed by atoms with Crippen LogP contribution in [0, 0.1) is 6.92 Å². The first kappa shape index (κ1) is 16.5. The zero-order valence-corrected chi connectivity index (χ0v) is 14.1. The summed E-state index contributed by atoms with van der Waals surface area (Å²) in [4.78, 5) is 0. The van der Waals surface area contributed by atoms with Gasteiger partial charge in [-0.3, -0.25) is 0 Å². The second-order valence-corrected chi connectivity index (χ2v) is 6.25. The van der Waals surface area contributed by atoms with Crippen LogP contribution in [0.2, 0.25) is 0 Å². The van der Waals surface area contributed by atoms with Gasteiger partial charge < -0.3 is 14.3 Å². The van der Waals surface area contributed by atoms with Gasteiger partial charge in [-0.1, -0.05) is 48.2 Å². The fourth-order valence-corrected chi connectivity index (χ4v) is 2.78. The van der Waals surface area contributed by atoms with Gasteiger partial charge in [-0.05, 0) is 30.7 Å². The van der Waals surface area contributed by atoms with Gasteiger partial charge in [0.15, 0.2) is 0 Å². The van der Waals surface area contributed by atoms with E-state index in [0.717, 1.165) is 16.9 Å². The lowest BCUT2D eigenvalue weighted by molar-refractivity contribution is 0.126. The standard InChI is InChI=1S/C18H18N2O3S/c1-13-7-5-6-10-16(13)17-19-20-18(23-17)24-12-14(21)11-22-15-8-3-2-4-9-15/h2-10,14,21H,11-12H2,1H3. The van der Waals surface area contributed by atoms with Crippen molar-refractivity contribution in [2.24, 2.45) is 0 Å². The summed E-state index contributed by atoms with van der Waals surface area (Å²) >= 11 is 1.31. The molecule has 0 amide bonds. The van der Waals surface area contributed by atoms with Crippen LogP contribution in [-0.2, 0) is 0 Å². The Morgan fingerprint density at radius 2 is 1.83 bits per heavy atom. The normalized spacial score (nSPS) is 12.1. The predicted octanol–water partition coefficient (Wildman–Crippen LogP) is 3.58. The van der Waals surface area contributed by atoms with Crippen LogP contribution >= 0.6 is 11.8 Å². The summed E-state index contributed by atoms with van der Waals surface area (Å²) in [5, 5.41) is 18.5. The molecule has 1 unspecified atom stereocenters. The van der Waals surface area contributed by atoms with E-state index in [2.05, 4.69) is 10.2 Å². The number of hydrogen-bond donors (Lipinski definition) is 1. The number of para-hydroxylation sites is 1. The van der Waals surface area contributed by atoms with Crippen LogP contribution in [-0.4, -0.2) is 33.8 Å². The van der Waals surface area contributed by atoms with Crippen molar-refractivity contribution in [3.63, 3.8) is 0 Å². The predicted molar refractivity (Wildman–Crippen MR) is 93.1 cm³/mol. The summed E-state index contributed by atoms with van der Waals surface area (Å²) in [6.45, 7) is 2.22. The van der Waals surface area contributed by atoms with Crippen molar-refractivity contribution in [3.8, 4) is 17.2 Å². The summed E-state index contributed by atoms with van der Waals surface area (Å²) < 4.78 is 11.2. The van der Waals surface area contributed by atoms with Crippen LogP contribution in [0.1, 0.15) is 5.56 Å². The topological polar surface area (TPSA) is 68.4 Å². The molecule has 5 nitrogen and oxygen atoms in total. The molecule has 0 saturated carbocycles. The fourth-order valence-electron chi connectivity index (χ4n) is 2.11. The van der Waals surface area contributed by atoms with E-state index in [1.54, 1.807) is 0 Å². The quantitative estimate of drug-likeness (QED) is 0.662. The summed E-state index contributed by atoms with van der Waals surface area (Å²) in [5.41, 5.74) is 2.00. The number of ether oxygens (including phenoxy) is 1. The third-order valence-corrected chi connectivity index (χ3v) is 4.33. The lowest BCUT2D eigenvalue weighted by Crippen LogP contribution is -2.20. The molecule has 0 fully saturated rings. The second kappa shape index (κ2) is 7.99. The smallest absolute Gasteiger partial charge is 0.276 e. The molecular weight excluding hydrogens is 324 g/mol. The highest BCUT2D eigenvalue weighted by Crippen LogP contribution is 2.25. The number of aromatic nitrogens is 2. The van der Waals surface area contributed by atoms with E-state index in [4.69, 9.17) is 9.15 Å². The summed E-state index contributed by atoms with van der Waals surface area (Å²) in [6.07, 6.45) is -0.621. The summed E-state index contributed by atoms with van der Waals surface area (Å²) in [6, 6.07) is 17.2. The lowest BCUT2D eigenvalue weighted by Gasteiger charge is -2.10. The molecule has 0 spiro atoms. The van der Waals surface area contributed by atoms with Crippen LogP contribution < -0.4 is 4.74 Å². The van der Waals surface area contributed by atoms with Gasteiger partial charge in [0, 0.05) is 11.3 Å². The molecule has 1 aromatic heterocycles. The van der Waals surface area contributed by atoms with Crippen molar-refractivity contribution in [1.29, 1.82) is 0 Å². The molecule has 1 atom stereocenters. The maximum absolute atomic E-state index is 10.0. The van der Waals surface area contributed by atoms with Crippen molar-refractivity contribution in [2.45, 2.75) is 18.3 Å². The van der Waals surface area contributed by atoms with Crippen molar-refractivity contribution >= 4 is 11.8 Å². The summed E-state index contributed by atoms with van der Waals surface area (Å²) in [5.74, 6) is 1.65. The molecular formula is C18H18N2O3S. The van der Waals surface area contributed by atoms with Crippen LogP contribution in [0.15, 0.2) is 64.2 Å². The Balaban J connectivity index is 1.51. The highest BCUT2D eigenvalue weighted by atomic mass is 32.2. The van der Waals surface area contributed by atoms with Gasteiger partial charge in [-0.25, -0.2) is 0 Å². The first-order valence-electron chi connectivity index (χ1n) is 7.60. The van der Waals surface area contributed by atoms with E-state index < -0.39 is 6.10 Å². The number of aliphatic hydroxyl groups excluding tert-OH is 1. The van der Waals surface area contributed by atoms with E-state index >= 15 is 0 Å². The number of benzene rings is 2. The monoisotopic (exact) mass is 342 g/mol. The van der Waals surface area contributed by atoms with Crippen molar-refractivity contribution in [3.05, 3.63) is 60.2 Å². The molecule has 3 rings (SSSR count). The van der Waals surface area contributed by atoms with Gasteiger partial charge >= 0.3 is 0 Å². The molecule has 0 saturated heterocycles. The highest BCUT2D eigenvalue weighted by Gasteiger charge is 2.13. The van der Waals surface area contributed by atoms with Gasteiger partial charge in [0.1, 0.15) is 12.4 Å². The Kier molecular flexibility index (Phi) is 5.51. The average molecular weight is 342 g/mol. The number of aryl methyl sites for hydroxylation is 1. The molecule has 124 valence electrons. The van der Waals surface area contributed by atoms with Crippen LogP contribution in [0.3, 0.4) is 0 Å². The fraction of sp³-hybridized carbons (Fsp3) is 0.222. The maximum atomic E-state index is 10.0. The zero-order valence-electron chi connectivity index (χ0n) is 13.3. The Hall–Kier alpha value is -2.31. The van der Waals surface area contributed by atoms with Gasteiger partial charge in [-0.2, -0.15) is 0 Å². The lowest BCUT2D eigenvalue weighted by atomic mass is 10.1. The molecule has 0 radical (unpaired) electrons. The van der Waals surface area contributed by atoms with Crippen molar-refractivity contribution < 1.29 is 14.3 Å². The molecule has 6 heteroatoms. The Morgan fingerprint density at radius 1 is 1.08 bits per heavy atom. The number of aliphatic hydroxyl groups is 1. The number of thioether (sulfide) groups is 1. The maximum Gasteiger partial charge on any atom is 0.276 e. The SMILES string of the molecule is Cc1ccccc1-c1nnc(SCC(O)COc2ccccc2)o1. The van der Waals surface area contributed by atoms with Crippen molar-refractivity contribution in [1.82, 2.24) is 10.2 Å². The number of hydrogen-bond acceptors (Lipinski definition) is 6. The van der Waals surface area contributed by atoms with Gasteiger partial charge in [0.2, 0.25) is 5.89 Å². The second-order valence-electron chi connectivity index (χ2n) is 5.28. The third kappa shape index (κ3) is 4.37. The van der Waals surface area contributed by atoms with E-state index in [1.807, 2.05) is 61.5 Å². The molecule has 1 heterocycles. The van der Waals surface area contributed by atoms with Gasteiger partial charge in [-0.15, -0.1) is 10.2 Å². The molecule has 1 N–H and O–H groups in total. The average Bonchev–Trinajstić information content (AvgIpc) is 3.08. The third-order valence-electron chi connectivity index (χ3n) is 3.37. The minimum Gasteiger partial charge on any atom is -0.491 e. The number of nitrogens with zero attached hydrogens (tertiary/aromatic N) is 2. The van der Waals surface area contributed by atoms with E-state index in [0.29, 0.717) is 16.9 Å². The van der Waals surface area contributed by atoms with E-state index in [1.165, 1.54) is 11.8 Å². The molecule has 0 aliphatic rings. The molecule has 24 heavy (non-hydrogen) atoms. The summed E-state index contributed by atoms with van der Waals surface area (Å²) in [7, 11) is 0. The van der Waals surface area contributed by atoms with E-state index in [-0.39, 0.29) is 6.61 Å². The van der Waals surface area contributed by atoms with E-state index in [9.17, 15) is 5.11 Å². The molecule has 2 aromatic carbocycles. The Morgan fingerprint density at radius 3 is 2.62 bits per heavy atom. The van der Waals surface area contributed by atoms with Crippen LogP contribution in [0.25, 0.3) is 11.5 Å². The molecule has 3 aromatic rings. The number of rotatable bonds is 7. The zero-order chi connectivity index (χ0) is 16.8. The largest absolute Gasteiger partial charge is 0.491 e.